The molecule has 0 aliphatic heterocycles. The summed E-state index contributed by atoms with van der Waals surface area (Å²) in [6.07, 6.45) is 0. The largest absolute Gasteiger partial charge is 0.489 e. The number of hydrogen-bond acceptors (Lipinski definition) is 2. The number of benzene rings is 1. The van der Waals surface area contributed by atoms with Crippen molar-refractivity contribution in [1.29, 1.82) is 0 Å². The maximum Gasteiger partial charge on any atom is 0.167 e. The summed E-state index contributed by atoms with van der Waals surface area (Å²) >= 11 is 0. The lowest BCUT2D eigenvalue weighted by Gasteiger charge is -2.10. The van der Waals surface area contributed by atoms with Gasteiger partial charge in [0.1, 0.15) is 6.61 Å². The summed E-state index contributed by atoms with van der Waals surface area (Å²) in [5.41, 5.74) is 0.615. The SMILES string of the molecule is Cc1cccc(OCCNC(C)C)c1F. The van der Waals surface area contributed by atoms with Gasteiger partial charge in [-0.05, 0) is 18.6 Å². The molecule has 0 saturated heterocycles. The van der Waals surface area contributed by atoms with E-state index in [0.717, 1.165) is 6.54 Å². The highest BCUT2D eigenvalue weighted by atomic mass is 19.1. The molecule has 15 heavy (non-hydrogen) atoms. The van der Waals surface area contributed by atoms with Crippen molar-refractivity contribution in [3.8, 4) is 5.75 Å². The average Bonchev–Trinajstić information content (AvgIpc) is 2.18. The molecule has 0 amide bonds. The van der Waals surface area contributed by atoms with Crippen LogP contribution in [0.4, 0.5) is 4.39 Å². The first kappa shape index (κ1) is 12.0. The van der Waals surface area contributed by atoms with E-state index >= 15 is 0 Å². The van der Waals surface area contributed by atoms with Gasteiger partial charge >= 0.3 is 0 Å². The third kappa shape index (κ3) is 3.88. The molecule has 0 saturated carbocycles. The lowest BCUT2D eigenvalue weighted by Crippen LogP contribution is -2.27. The van der Waals surface area contributed by atoms with Gasteiger partial charge in [0.05, 0.1) is 0 Å². The van der Waals surface area contributed by atoms with Gasteiger partial charge in [-0.3, -0.25) is 0 Å². The maximum atomic E-state index is 13.4. The van der Waals surface area contributed by atoms with Crippen LogP contribution in [0.5, 0.6) is 5.75 Å². The van der Waals surface area contributed by atoms with Crippen LogP contribution in [0.15, 0.2) is 18.2 Å². The molecular weight excluding hydrogens is 193 g/mol. The van der Waals surface area contributed by atoms with Gasteiger partial charge in [-0.1, -0.05) is 26.0 Å². The highest BCUT2D eigenvalue weighted by Crippen LogP contribution is 2.19. The second kappa shape index (κ2) is 5.71. The van der Waals surface area contributed by atoms with Crippen molar-refractivity contribution in [2.45, 2.75) is 26.8 Å². The Balaban J connectivity index is 2.41. The van der Waals surface area contributed by atoms with Crippen LogP contribution in [-0.2, 0) is 0 Å². The molecule has 1 rings (SSSR count). The van der Waals surface area contributed by atoms with Crippen molar-refractivity contribution in [2.75, 3.05) is 13.2 Å². The third-order valence-corrected chi connectivity index (χ3v) is 2.07. The molecular formula is C12H18FNO. The van der Waals surface area contributed by atoms with Gasteiger partial charge in [-0.15, -0.1) is 0 Å². The molecule has 0 spiro atoms. The molecule has 0 unspecified atom stereocenters. The number of rotatable bonds is 5. The first-order chi connectivity index (χ1) is 7.11. The first-order valence-corrected chi connectivity index (χ1v) is 5.22. The minimum atomic E-state index is -0.262. The molecule has 1 N–H and O–H groups in total. The Hall–Kier alpha value is -1.09. The van der Waals surface area contributed by atoms with Gasteiger partial charge in [-0.25, -0.2) is 4.39 Å². The van der Waals surface area contributed by atoms with Crippen LogP contribution in [0.2, 0.25) is 0 Å². The molecule has 1 aromatic carbocycles. The second-order valence-corrected chi connectivity index (χ2v) is 3.84. The van der Waals surface area contributed by atoms with Crippen LogP contribution < -0.4 is 10.1 Å². The Bertz CT molecular complexity index is 312. The summed E-state index contributed by atoms with van der Waals surface area (Å²) in [6, 6.07) is 5.60. The zero-order valence-electron chi connectivity index (χ0n) is 9.51. The highest BCUT2D eigenvalue weighted by Gasteiger charge is 2.04. The maximum absolute atomic E-state index is 13.4. The molecule has 0 radical (unpaired) electrons. The minimum absolute atomic E-state index is 0.262. The molecule has 3 heteroatoms. The quantitative estimate of drug-likeness (QED) is 0.756. The summed E-state index contributed by atoms with van der Waals surface area (Å²) in [5.74, 6) is 0.0719. The van der Waals surface area contributed by atoms with Gasteiger partial charge in [0.2, 0.25) is 0 Å². The van der Waals surface area contributed by atoms with Gasteiger partial charge in [0, 0.05) is 12.6 Å². The number of halogens is 1. The highest BCUT2D eigenvalue weighted by molar-refractivity contribution is 5.29. The van der Waals surface area contributed by atoms with Crippen LogP contribution in [0.1, 0.15) is 19.4 Å². The van der Waals surface area contributed by atoms with Crippen LogP contribution in [-0.4, -0.2) is 19.2 Å². The number of aryl methyl sites for hydroxylation is 1. The van der Waals surface area contributed by atoms with Crippen molar-refractivity contribution in [3.05, 3.63) is 29.6 Å². The van der Waals surface area contributed by atoms with E-state index in [0.29, 0.717) is 24.0 Å². The standard InChI is InChI=1S/C12H18FNO/c1-9(2)14-7-8-15-11-6-4-5-10(3)12(11)13/h4-6,9,14H,7-8H2,1-3H3. The predicted molar refractivity (Wildman–Crippen MR) is 59.8 cm³/mol. The fraction of sp³-hybridized carbons (Fsp3) is 0.500. The lowest BCUT2D eigenvalue weighted by atomic mass is 10.2. The van der Waals surface area contributed by atoms with E-state index in [2.05, 4.69) is 19.2 Å². The van der Waals surface area contributed by atoms with Crippen molar-refractivity contribution in [2.24, 2.45) is 0 Å². The van der Waals surface area contributed by atoms with E-state index < -0.39 is 0 Å². The number of nitrogens with one attached hydrogen (secondary N) is 1. The second-order valence-electron chi connectivity index (χ2n) is 3.84. The Labute approximate surface area is 90.4 Å². The van der Waals surface area contributed by atoms with Crippen molar-refractivity contribution in [1.82, 2.24) is 5.32 Å². The Morgan fingerprint density at radius 2 is 2.13 bits per heavy atom. The Kier molecular flexibility index (Phi) is 4.56. The van der Waals surface area contributed by atoms with E-state index in [9.17, 15) is 4.39 Å². The zero-order valence-corrected chi connectivity index (χ0v) is 9.51. The Morgan fingerprint density at radius 1 is 1.40 bits per heavy atom. The summed E-state index contributed by atoms with van der Waals surface area (Å²) in [4.78, 5) is 0. The molecule has 0 aromatic heterocycles. The van der Waals surface area contributed by atoms with Crippen LogP contribution in [0.3, 0.4) is 0 Å². The molecule has 0 bridgehead atoms. The van der Waals surface area contributed by atoms with Crippen molar-refractivity contribution >= 4 is 0 Å². The van der Waals surface area contributed by atoms with Crippen LogP contribution in [0, 0.1) is 12.7 Å². The van der Waals surface area contributed by atoms with Crippen molar-refractivity contribution in [3.63, 3.8) is 0 Å². The smallest absolute Gasteiger partial charge is 0.167 e. The molecule has 0 fully saturated rings. The van der Waals surface area contributed by atoms with E-state index in [-0.39, 0.29) is 5.82 Å². The molecule has 2 nitrogen and oxygen atoms in total. The average molecular weight is 211 g/mol. The summed E-state index contributed by atoms with van der Waals surface area (Å²) in [5, 5.41) is 3.20. The molecule has 0 aliphatic carbocycles. The molecule has 84 valence electrons. The topological polar surface area (TPSA) is 21.3 Å². The molecule has 0 atom stereocenters. The van der Waals surface area contributed by atoms with Crippen LogP contribution >= 0.6 is 0 Å². The zero-order chi connectivity index (χ0) is 11.3. The molecule has 0 heterocycles. The minimum Gasteiger partial charge on any atom is -0.489 e. The predicted octanol–water partition coefficient (Wildman–Crippen LogP) is 2.51. The van der Waals surface area contributed by atoms with Gasteiger partial charge < -0.3 is 10.1 Å². The summed E-state index contributed by atoms with van der Waals surface area (Å²) in [6.45, 7) is 7.07. The van der Waals surface area contributed by atoms with Gasteiger partial charge in [-0.2, -0.15) is 0 Å². The number of hydrogen-bond donors (Lipinski definition) is 1. The molecule has 1 aromatic rings. The lowest BCUT2D eigenvalue weighted by molar-refractivity contribution is 0.294. The normalized spacial score (nSPS) is 10.7. The molecule has 0 aliphatic rings. The third-order valence-electron chi connectivity index (χ3n) is 2.07. The summed E-state index contributed by atoms with van der Waals surface area (Å²) < 4.78 is 18.8. The van der Waals surface area contributed by atoms with E-state index in [1.165, 1.54) is 0 Å². The fourth-order valence-electron chi connectivity index (χ4n) is 1.24. The fourth-order valence-corrected chi connectivity index (χ4v) is 1.24. The van der Waals surface area contributed by atoms with Gasteiger partial charge in [0.15, 0.2) is 11.6 Å². The Morgan fingerprint density at radius 3 is 2.80 bits per heavy atom. The summed E-state index contributed by atoms with van der Waals surface area (Å²) in [7, 11) is 0. The van der Waals surface area contributed by atoms with Crippen molar-refractivity contribution < 1.29 is 9.13 Å². The van der Waals surface area contributed by atoms with Gasteiger partial charge in [0.25, 0.3) is 0 Å². The number of ether oxygens (including phenoxy) is 1. The van der Waals surface area contributed by atoms with E-state index in [4.69, 9.17) is 4.74 Å². The first-order valence-electron chi connectivity index (χ1n) is 5.22. The monoisotopic (exact) mass is 211 g/mol. The van der Waals surface area contributed by atoms with E-state index in [1.54, 1.807) is 25.1 Å². The van der Waals surface area contributed by atoms with Crippen LogP contribution in [0.25, 0.3) is 0 Å². The van der Waals surface area contributed by atoms with E-state index in [1.807, 2.05) is 0 Å².